The summed E-state index contributed by atoms with van der Waals surface area (Å²) in [4.78, 5) is 15.2. The monoisotopic (exact) mass is 383 g/mol. The Morgan fingerprint density at radius 3 is 2.32 bits per heavy atom. The molecule has 0 bridgehead atoms. The van der Waals surface area contributed by atoms with Crippen molar-refractivity contribution in [2.45, 2.75) is 0 Å². The third-order valence-electron chi connectivity index (χ3n) is 4.25. The maximum Gasteiger partial charge on any atom is 0.295 e. The number of nitrogens with zero attached hydrogens (tertiary/aromatic N) is 2. The molecule has 2 heterocycles. The molecule has 0 radical (unpaired) electrons. The summed E-state index contributed by atoms with van der Waals surface area (Å²) in [5.74, 6) is 1.20. The number of H-pyrrole nitrogens is 1. The number of ether oxygens (including phenoxy) is 4. The van der Waals surface area contributed by atoms with E-state index >= 15 is 0 Å². The van der Waals surface area contributed by atoms with Crippen molar-refractivity contribution in [3.8, 4) is 28.9 Å². The van der Waals surface area contributed by atoms with Gasteiger partial charge in [0.05, 0.1) is 25.3 Å². The average Bonchev–Trinajstić information content (AvgIpc) is 3.03. The number of aromatic hydroxyl groups is 1. The molecule has 0 saturated carbocycles. The topological polar surface area (TPSA) is 115 Å². The summed E-state index contributed by atoms with van der Waals surface area (Å²) in [5, 5.41) is 18.4. The predicted octanol–water partition coefficient (Wildman–Crippen LogP) is 3.59. The number of carbonyl (C=O) groups excluding carboxylic acids is 1. The van der Waals surface area contributed by atoms with E-state index < -0.39 is 5.91 Å². The number of methoxy groups -OCH3 is 2. The van der Waals surface area contributed by atoms with Crippen molar-refractivity contribution < 1.29 is 28.8 Å². The summed E-state index contributed by atoms with van der Waals surface area (Å²) in [6, 6.07) is 8.09. The quantitative estimate of drug-likeness (QED) is 0.666. The van der Waals surface area contributed by atoms with Gasteiger partial charge >= 0.3 is 0 Å². The molecule has 28 heavy (non-hydrogen) atoms. The number of aromatic nitrogens is 1. The first-order valence-electron chi connectivity index (χ1n) is 8.42. The number of hydrogen-bond acceptors (Lipinski definition) is 7. The Morgan fingerprint density at radius 1 is 1.04 bits per heavy atom. The van der Waals surface area contributed by atoms with Crippen LogP contribution in [0.2, 0.25) is 0 Å². The highest BCUT2D eigenvalue weighted by Gasteiger charge is 2.18. The van der Waals surface area contributed by atoms with Crippen LogP contribution in [0.1, 0.15) is 10.4 Å². The van der Waals surface area contributed by atoms with Crippen molar-refractivity contribution in [1.29, 1.82) is 0 Å². The minimum Gasteiger partial charge on any atom is -0.497 e. The fraction of sp³-hybridized carbons (Fsp3) is 0.211. The van der Waals surface area contributed by atoms with E-state index in [0.29, 0.717) is 47.1 Å². The van der Waals surface area contributed by atoms with Crippen LogP contribution in [0, 0.1) is 0 Å². The van der Waals surface area contributed by atoms with E-state index in [1.165, 1.54) is 26.4 Å². The van der Waals surface area contributed by atoms with Gasteiger partial charge < -0.3 is 29.0 Å². The minimum absolute atomic E-state index is 0.134. The lowest BCUT2D eigenvalue weighted by molar-refractivity contribution is 0.0994. The zero-order valence-electron chi connectivity index (χ0n) is 15.2. The van der Waals surface area contributed by atoms with Gasteiger partial charge in [-0.1, -0.05) is 0 Å². The largest absolute Gasteiger partial charge is 0.497 e. The lowest BCUT2D eigenvalue weighted by Gasteiger charge is -2.17. The number of carbonyl (C=O) groups is 1. The van der Waals surface area contributed by atoms with E-state index in [1.807, 2.05) is 0 Å². The van der Waals surface area contributed by atoms with Crippen molar-refractivity contribution in [2.75, 3.05) is 27.4 Å². The second-order valence-electron chi connectivity index (χ2n) is 5.97. The minimum atomic E-state index is -0.608. The van der Waals surface area contributed by atoms with Gasteiger partial charge in [-0.25, -0.2) is 0 Å². The fourth-order valence-corrected chi connectivity index (χ4v) is 2.89. The normalized spacial score (nSPS) is 13.1. The first kappa shape index (κ1) is 17.7. The summed E-state index contributed by atoms with van der Waals surface area (Å²) < 4.78 is 21.4. The molecule has 0 unspecified atom stereocenters. The summed E-state index contributed by atoms with van der Waals surface area (Å²) in [6.07, 6.45) is 0. The van der Waals surface area contributed by atoms with E-state index in [-0.39, 0.29) is 17.1 Å². The molecule has 9 heteroatoms. The number of azo groups is 1. The number of nitrogens with one attached hydrogen (secondary N) is 1. The molecule has 0 saturated heterocycles. The lowest BCUT2D eigenvalue weighted by atomic mass is 10.2. The zero-order chi connectivity index (χ0) is 19.7. The Labute approximate surface area is 159 Å². The van der Waals surface area contributed by atoms with Gasteiger partial charge in [0.25, 0.3) is 5.91 Å². The van der Waals surface area contributed by atoms with Gasteiger partial charge in [0.15, 0.2) is 17.2 Å². The number of fused-ring (bicyclic) bond motifs is 2. The molecule has 0 spiro atoms. The molecule has 0 fully saturated rings. The third kappa shape index (κ3) is 3.18. The molecular formula is C19H17N3O6. The smallest absolute Gasteiger partial charge is 0.295 e. The molecular weight excluding hydrogens is 366 g/mol. The van der Waals surface area contributed by atoms with E-state index in [2.05, 4.69) is 15.2 Å². The Balaban J connectivity index is 1.68. The Morgan fingerprint density at radius 2 is 1.68 bits per heavy atom. The van der Waals surface area contributed by atoms with E-state index in [0.717, 1.165) is 0 Å². The molecule has 2 N–H and O–H groups in total. The maximum absolute atomic E-state index is 12.4. The van der Waals surface area contributed by atoms with Gasteiger partial charge in [0.2, 0.25) is 5.88 Å². The summed E-state index contributed by atoms with van der Waals surface area (Å²) in [7, 11) is 2.97. The molecule has 1 amide bonds. The number of aromatic amines is 1. The van der Waals surface area contributed by atoms with Crippen molar-refractivity contribution in [3.63, 3.8) is 0 Å². The predicted molar refractivity (Wildman–Crippen MR) is 99.3 cm³/mol. The second kappa shape index (κ2) is 7.10. The maximum atomic E-state index is 12.4. The van der Waals surface area contributed by atoms with Crippen LogP contribution in [0.15, 0.2) is 40.6 Å². The van der Waals surface area contributed by atoms with Crippen molar-refractivity contribution in [1.82, 2.24) is 4.98 Å². The molecule has 0 aliphatic carbocycles. The molecule has 1 aliphatic heterocycles. The van der Waals surface area contributed by atoms with E-state index in [4.69, 9.17) is 18.9 Å². The highest BCUT2D eigenvalue weighted by Crippen LogP contribution is 2.42. The fourth-order valence-electron chi connectivity index (χ4n) is 2.89. The standard InChI is InChI=1S/C19H17N3O6/c1-25-11-5-10(6-12(7-11)26-2)18(23)22-21-17-13-8-15-16(28-4-3-27-15)9-14(13)20-19(17)24/h5-9,20,24H,3-4H2,1-2H3. The van der Waals surface area contributed by atoms with E-state index in [1.54, 1.807) is 18.2 Å². The van der Waals surface area contributed by atoms with Crippen LogP contribution >= 0.6 is 0 Å². The van der Waals surface area contributed by atoms with Gasteiger partial charge in [0.1, 0.15) is 24.7 Å². The van der Waals surface area contributed by atoms with Crippen LogP contribution in [0.5, 0.6) is 28.9 Å². The zero-order valence-corrected chi connectivity index (χ0v) is 15.2. The average molecular weight is 383 g/mol. The number of rotatable bonds is 4. The van der Waals surface area contributed by atoms with E-state index in [9.17, 15) is 9.90 Å². The van der Waals surface area contributed by atoms with Crippen LogP contribution in [-0.2, 0) is 0 Å². The SMILES string of the molecule is COc1cc(OC)cc(C(=O)N=Nc2c(O)[nH]c3cc4c(cc23)OCCO4)c1. The van der Waals surface area contributed by atoms with Crippen molar-refractivity contribution >= 4 is 22.5 Å². The number of hydrogen-bond donors (Lipinski definition) is 2. The molecule has 4 rings (SSSR count). The molecule has 1 aromatic heterocycles. The summed E-state index contributed by atoms with van der Waals surface area (Å²) >= 11 is 0. The van der Waals surface area contributed by atoms with Gasteiger partial charge in [-0.3, -0.25) is 4.79 Å². The summed E-state index contributed by atoms with van der Waals surface area (Å²) in [6.45, 7) is 0.887. The highest BCUT2D eigenvalue weighted by atomic mass is 16.6. The van der Waals surface area contributed by atoms with Crippen LogP contribution in [0.25, 0.3) is 10.9 Å². The van der Waals surface area contributed by atoms with Crippen LogP contribution in [-0.4, -0.2) is 43.4 Å². The molecule has 144 valence electrons. The van der Waals surface area contributed by atoms with Crippen LogP contribution in [0.3, 0.4) is 0 Å². The third-order valence-corrected chi connectivity index (χ3v) is 4.25. The number of benzene rings is 2. The van der Waals surface area contributed by atoms with Gasteiger partial charge in [-0.05, 0) is 18.2 Å². The van der Waals surface area contributed by atoms with Crippen molar-refractivity contribution in [2.24, 2.45) is 10.2 Å². The first-order chi connectivity index (χ1) is 13.6. The van der Waals surface area contributed by atoms with Gasteiger partial charge in [0, 0.05) is 17.5 Å². The number of amides is 1. The Bertz CT molecular complexity index is 1070. The molecule has 2 aromatic carbocycles. The highest BCUT2D eigenvalue weighted by molar-refractivity contribution is 5.98. The Kier molecular flexibility index (Phi) is 4.48. The van der Waals surface area contributed by atoms with Crippen LogP contribution in [0.4, 0.5) is 5.69 Å². The lowest BCUT2D eigenvalue weighted by Crippen LogP contribution is -2.15. The van der Waals surface area contributed by atoms with Gasteiger partial charge in [-0.15, -0.1) is 10.2 Å². The molecule has 9 nitrogen and oxygen atoms in total. The van der Waals surface area contributed by atoms with Gasteiger partial charge in [-0.2, -0.15) is 0 Å². The molecule has 1 aliphatic rings. The second-order valence-corrected chi connectivity index (χ2v) is 5.97. The Hall–Kier alpha value is -3.75. The van der Waals surface area contributed by atoms with Crippen molar-refractivity contribution in [3.05, 3.63) is 35.9 Å². The first-order valence-corrected chi connectivity index (χ1v) is 8.42. The molecule has 3 aromatic rings. The van der Waals surface area contributed by atoms with Crippen LogP contribution < -0.4 is 18.9 Å². The summed E-state index contributed by atoms with van der Waals surface area (Å²) in [5.41, 5.74) is 0.967. The molecule has 0 atom stereocenters.